The van der Waals surface area contributed by atoms with Crippen molar-refractivity contribution in [2.45, 2.75) is 11.9 Å². The summed E-state index contributed by atoms with van der Waals surface area (Å²) < 4.78 is 11.1. The van der Waals surface area contributed by atoms with E-state index in [1.165, 1.54) is 0 Å². The van der Waals surface area contributed by atoms with Crippen molar-refractivity contribution in [2.24, 2.45) is 0 Å². The maximum Gasteiger partial charge on any atom is 0.165 e. The zero-order valence-electron chi connectivity index (χ0n) is 11.0. The molecule has 1 aromatic heterocycles. The van der Waals surface area contributed by atoms with Crippen LogP contribution < -0.4 is 9.47 Å². The predicted molar refractivity (Wildman–Crippen MR) is 78.9 cm³/mol. The van der Waals surface area contributed by atoms with Gasteiger partial charge in [-0.15, -0.1) is 0 Å². The molecule has 0 saturated heterocycles. The largest absolute Gasteiger partial charge is 0.493 e. The Labute approximate surface area is 126 Å². The quantitative estimate of drug-likeness (QED) is 0.787. The van der Waals surface area contributed by atoms with E-state index in [0.717, 1.165) is 11.1 Å². The molecule has 0 aliphatic rings. The number of halogens is 1. The van der Waals surface area contributed by atoms with Crippen molar-refractivity contribution >= 4 is 15.9 Å². The molecule has 0 unspecified atom stereocenters. The second-order valence-corrected chi connectivity index (χ2v) is 4.55. The van der Waals surface area contributed by atoms with Crippen molar-refractivity contribution in [1.82, 2.24) is 4.98 Å². The van der Waals surface area contributed by atoms with Gasteiger partial charge in [0.2, 0.25) is 0 Å². The van der Waals surface area contributed by atoms with Gasteiger partial charge in [0.15, 0.2) is 11.5 Å². The molecule has 0 saturated carbocycles. The van der Waals surface area contributed by atoms with Crippen LogP contribution in [0.1, 0.15) is 16.8 Å². The third-order valence-corrected chi connectivity index (χ3v) is 3.40. The monoisotopic (exact) mass is 332 g/mol. The highest BCUT2D eigenvalue weighted by Gasteiger charge is 2.11. The van der Waals surface area contributed by atoms with E-state index in [1.807, 2.05) is 24.3 Å². The van der Waals surface area contributed by atoms with E-state index in [4.69, 9.17) is 14.7 Å². The van der Waals surface area contributed by atoms with E-state index >= 15 is 0 Å². The normalized spacial score (nSPS) is 9.85. The van der Waals surface area contributed by atoms with Crippen molar-refractivity contribution in [3.8, 4) is 17.6 Å². The number of aromatic nitrogens is 1. The third kappa shape index (κ3) is 3.09. The lowest BCUT2D eigenvalue weighted by molar-refractivity contribution is 0.281. The summed E-state index contributed by atoms with van der Waals surface area (Å²) in [4.78, 5) is 4.01. The fourth-order valence-electron chi connectivity index (χ4n) is 1.80. The number of ether oxygens (including phenoxy) is 2. The number of hydrogen-bond donors (Lipinski definition) is 0. The lowest BCUT2D eigenvalue weighted by atomic mass is 10.2. The molecule has 5 heteroatoms. The minimum atomic E-state index is 0.275. The summed E-state index contributed by atoms with van der Waals surface area (Å²) in [6.45, 7) is 0.275. The molecule has 0 spiro atoms. The number of benzene rings is 1. The Bertz CT molecular complexity index is 616. The smallest absolute Gasteiger partial charge is 0.165 e. The molecule has 0 atom stereocenters. The van der Waals surface area contributed by atoms with Crippen LogP contribution in [0, 0.1) is 11.3 Å². The van der Waals surface area contributed by atoms with Gasteiger partial charge >= 0.3 is 0 Å². The average Bonchev–Trinajstić information content (AvgIpc) is 2.52. The van der Waals surface area contributed by atoms with Crippen molar-refractivity contribution in [3.63, 3.8) is 0 Å². The van der Waals surface area contributed by atoms with Gasteiger partial charge < -0.3 is 9.47 Å². The van der Waals surface area contributed by atoms with E-state index < -0.39 is 0 Å². The standard InChI is InChI=1S/C15H13BrN2O2/c1-19-14-6-2-4-11(8-16)15(14)20-10-12-5-3-7-18-13(12)9-17/h2-7H,8,10H2,1H3. The number of nitrogens with zero attached hydrogens (tertiary/aromatic N) is 2. The Morgan fingerprint density at radius 3 is 2.75 bits per heavy atom. The molecule has 2 rings (SSSR count). The summed E-state index contributed by atoms with van der Waals surface area (Å²) in [5.74, 6) is 1.35. The highest BCUT2D eigenvalue weighted by Crippen LogP contribution is 2.33. The molecular weight excluding hydrogens is 320 g/mol. The summed E-state index contributed by atoms with van der Waals surface area (Å²) in [5, 5.41) is 9.68. The first-order chi connectivity index (χ1) is 9.80. The Morgan fingerprint density at radius 1 is 1.25 bits per heavy atom. The van der Waals surface area contributed by atoms with Crippen molar-refractivity contribution in [1.29, 1.82) is 5.26 Å². The maximum absolute atomic E-state index is 9.02. The van der Waals surface area contributed by atoms with Crippen molar-refractivity contribution in [2.75, 3.05) is 7.11 Å². The highest BCUT2D eigenvalue weighted by atomic mass is 79.9. The summed E-state index contributed by atoms with van der Waals surface area (Å²) >= 11 is 3.43. The molecule has 2 aromatic rings. The van der Waals surface area contributed by atoms with Crippen LogP contribution >= 0.6 is 15.9 Å². The van der Waals surface area contributed by atoms with E-state index in [2.05, 4.69) is 27.0 Å². The molecule has 0 radical (unpaired) electrons. The molecule has 4 nitrogen and oxygen atoms in total. The zero-order valence-corrected chi connectivity index (χ0v) is 12.6. The number of rotatable bonds is 5. The van der Waals surface area contributed by atoms with Crippen molar-refractivity contribution in [3.05, 3.63) is 53.3 Å². The molecule has 0 aliphatic carbocycles. The van der Waals surface area contributed by atoms with Gasteiger partial charge in [-0.1, -0.05) is 34.1 Å². The number of hydrogen-bond acceptors (Lipinski definition) is 4. The Morgan fingerprint density at radius 2 is 2.05 bits per heavy atom. The van der Waals surface area contributed by atoms with Crippen LogP contribution in [0.15, 0.2) is 36.5 Å². The minimum absolute atomic E-state index is 0.275. The summed E-state index contributed by atoms with van der Waals surface area (Å²) in [6.07, 6.45) is 1.59. The van der Waals surface area contributed by atoms with Gasteiger partial charge in [-0.2, -0.15) is 5.26 Å². The summed E-state index contributed by atoms with van der Waals surface area (Å²) in [6, 6.07) is 11.4. The third-order valence-electron chi connectivity index (χ3n) is 2.79. The van der Waals surface area contributed by atoms with E-state index in [0.29, 0.717) is 22.5 Å². The molecule has 0 amide bonds. The van der Waals surface area contributed by atoms with Crippen LogP contribution in [0.25, 0.3) is 0 Å². The number of methoxy groups -OCH3 is 1. The second kappa shape index (κ2) is 6.92. The predicted octanol–water partition coefficient (Wildman–Crippen LogP) is 3.44. The number of pyridine rings is 1. The van der Waals surface area contributed by atoms with Gasteiger partial charge in [0, 0.05) is 22.7 Å². The van der Waals surface area contributed by atoms with E-state index in [-0.39, 0.29) is 6.61 Å². The molecule has 20 heavy (non-hydrogen) atoms. The van der Waals surface area contributed by atoms with Gasteiger partial charge in [-0.3, -0.25) is 0 Å². The Hall–Kier alpha value is -2.06. The lowest BCUT2D eigenvalue weighted by Crippen LogP contribution is -2.03. The summed E-state index contributed by atoms with van der Waals surface area (Å²) in [7, 11) is 1.60. The maximum atomic E-state index is 9.02. The molecule has 0 N–H and O–H groups in total. The first-order valence-electron chi connectivity index (χ1n) is 5.98. The van der Waals surface area contributed by atoms with Gasteiger partial charge in [0.05, 0.1) is 7.11 Å². The lowest BCUT2D eigenvalue weighted by Gasteiger charge is -2.14. The molecular formula is C15H13BrN2O2. The number of nitriles is 1. The van der Waals surface area contributed by atoms with Crippen LogP contribution in [0.5, 0.6) is 11.5 Å². The second-order valence-electron chi connectivity index (χ2n) is 3.99. The topological polar surface area (TPSA) is 55.1 Å². The summed E-state index contributed by atoms with van der Waals surface area (Å²) in [5.41, 5.74) is 2.12. The molecule has 1 aromatic carbocycles. The molecule has 0 bridgehead atoms. The van der Waals surface area contributed by atoms with Crippen LogP contribution in [0.3, 0.4) is 0 Å². The number of alkyl halides is 1. The fraction of sp³-hybridized carbons (Fsp3) is 0.200. The Balaban J connectivity index is 2.25. The van der Waals surface area contributed by atoms with Gasteiger partial charge in [0.25, 0.3) is 0 Å². The minimum Gasteiger partial charge on any atom is -0.493 e. The van der Waals surface area contributed by atoms with Crippen LogP contribution in [-0.2, 0) is 11.9 Å². The first-order valence-corrected chi connectivity index (χ1v) is 7.11. The van der Waals surface area contributed by atoms with Crippen LogP contribution in [0.2, 0.25) is 0 Å². The highest BCUT2D eigenvalue weighted by molar-refractivity contribution is 9.08. The molecule has 0 fully saturated rings. The average molecular weight is 333 g/mol. The molecule has 0 aliphatic heterocycles. The SMILES string of the molecule is COc1cccc(CBr)c1OCc1cccnc1C#N. The number of para-hydroxylation sites is 1. The van der Waals surface area contributed by atoms with E-state index in [9.17, 15) is 0 Å². The van der Waals surface area contributed by atoms with Gasteiger partial charge in [-0.05, 0) is 12.1 Å². The Kier molecular flexibility index (Phi) is 4.97. The fourth-order valence-corrected chi connectivity index (χ4v) is 2.24. The first kappa shape index (κ1) is 14.4. The van der Waals surface area contributed by atoms with Crippen molar-refractivity contribution < 1.29 is 9.47 Å². The van der Waals surface area contributed by atoms with Crippen LogP contribution in [-0.4, -0.2) is 12.1 Å². The molecule has 1 heterocycles. The van der Waals surface area contributed by atoms with Gasteiger partial charge in [0.1, 0.15) is 18.4 Å². The van der Waals surface area contributed by atoms with Gasteiger partial charge in [-0.25, -0.2) is 4.98 Å². The van der Waals surface area contributed by atoms with E-state index in [1.54, 1.807) is 19.4 Å². The van der Waals surface area contributed by atoms with Crippen LogP contribution in [0.4, 0.5) is 0 Å². The zero-order chi connectivity index (χ0) is 14.4. The molecule has 102 valence electrons.